The molecule has 0 amide bonds. The van der Waals surface area contributed by atoms with E-state index in [-0.39, 0.29) is 6.61 Å². The van der Waals surface area contributed by atoms with Gasteiger partial charge in [0.15, 0.2) is 0 Å². The summed E-state index contributed by atoms with van der Waals surface area (Å²) in [7, 11) is 0. The fourth-order valence-electron chi connectivity index (χ4n) is 4.78. The van der Waals surface area contributed by atoms with E-state index in [1.54, 1.807) is 6.20 Å². The topological polar surface area (TPSA) is 45.6 Å². The Morgan fingerprint density at radius 1 is 0.824 bits per heavy atom. The van der Waals surface area contributed by atoms with Crippen molar-refractivity contribution in [2.24, 2.45) is 0 Å². The van der Waals surface area contributed by atoms with E-state index >= 15 is 0 Å². The van der Waals surface area contributed by atoms with Crippen LogP contribution in [0, 0.1) is 0 Å². The summed E-state index contributed by atoms with van der Waals surface area (Å²) in [6.07, 6.45) is 3.24. The molecule has 0 radical (unpaired) electrons. The molecule has 1 aromatic heterocycles. The van der Waals surface area contributed by atoms with Crippen molar-refractivity contribution >= 4 is 16.5 Å². The Kier molecular flexibility index (Phi) is 6.99. The van der Waals surface area contributed by atoms with E-state index in [2.05, 4.69) is 70.5 Å². The van der Waals surface area contributed by atoms with E-state index in [1.807, 2.05) is 30.3 Å². The minimum Gasteiger partial charge on any atom is -0.490 e. The number of hydrogen-bond donors (Lipinski definition) is 1. The van der Waals surface area contributed by atoms with E-state index in [9.17, 15) is 5.11 Å². The molecule has 1 fully saturated rings. The van der Waals surface area contributed by atoms with Gasteiger partial charge in [0.1, 0.15) is 18.5 Å². The summed E-state index contributed by atoms with van der Waals surface area (Å²) in [4.78, 5) is 6.72. The van der Waals surface area contributed by atoms with Crippen LogP contribution < -0.4 is 4.74 Å². The quantitative estimate of drug-likeness (QED) is 0.400. The number of fused-ring (bicyclic) bond motifs is 1. The highest BCUT2D eigenvalue weighted by Gasteiger charge is 2.21. The van der Waals surface area contributed by atoms with Crippen LogP contribution in [0.1, 0.15) is 24.0 Å². The smallest absolute Gasteiger partial charge is 0.128 e. The fourth-order valence-corrected chi connectivity index (χ4v) is 4.78. The lowest BCUT2D eigenvalue weighted by molar-refractivity contribution is 0.0661. The van der Waals surface area contributed by atoms with Gasteiger partial charge in [-0.05, 0) is 53.8 Å². The van der Waals surface area contributed by atoms with Gasteiger partial charge in [0.05, 0.1) is 5.52 Å². The number of aromatic nitrogens is 1. The first-order chi connectivity index (χ1) is 16.8. The molecule has 3 aromatic carbocycles. The zero-order chi connectivity index (χ0) is 23.2. The van der Waals surface area contributed by atoms with Crippen molar-refractivity contribution in [3.05, 3.63) is 114 Å². The van der Waals surface area contributed by atoms with Crippen LogP contribution in [0.2, 0.25) is 0 Å². The molecule has 1 aliphatic rings. The van der Waals surface area contributed by atoms with Crippen molar-refractivity contribution in [1.82, 2.24) is 9.88 Å². The van der Waals surface area contributed by atoms with Crippen molar-refractivity contribution in [2.45, 2.75) is 18.9 Å². The average molecular weight is 451 g/mol. The van der Waals surface area contributed by atoms with Crippen LogP contribution in [0.4, 0.5) is 0 Å². The molecular formula is C30H30N2O2. The van der Waals surface area contributed by atoms with Gasteiger partial charge >= 0.3 is 0 Å². The van der Waals surface area contributed by atoms with Gasteiger partial charge in [-0.1, -0.05) is 72.3 Å². The lowest BCUT2D eigenvalue weighted by Gasteiger charge is -2.31. The van der Waals surface area contributed by atoms with Crippen LogP contribution >= 0.6 is 0 Å². The molecule has 4 heteroatoms. The van der Waals surface area contributed by atoms with Crippen molar-refractivity contribution in [1.29, 1.82) is 0 Å². The van der Waals surface area contributed by atoms with Crippen molar-refractivity contribution in [2.75, 3.05) is 26.2 Å². The number of nitrogens with zero attached hydrogens (tertiary/aromatic N) is 2. The second-order valence-corrected chi connectivity index (χ2v) is 8.80. The maximum Gasteiger partial charge on any atom is 0.128 e. The summed E-state index contributed by atoms with van der Waals surface area (Å²) < 4.78 is 5.97. The Balaban J connectivity index is 1.22. The predicted molar refractivity (Wildman–Crippen MR) is 138 cm³/mol. The maximum atomic E-state index is 10.7. The number of aliphatic hydroxyl groups excluding tert-OH is 1. The number of pyridine rings is 1. The van der Waals surface area contributed by atoms with Crippen LogP contribution in [0.15, 0.2) is 103 Å². The Morgan fingerprint density at radius 2 is 1.50 bits per heavy atom. The minimum absolute atomic E-state index is 0.270. The molecule has 1 unspecified atom stereocenters. The zero-order valence-corrected chi connectivity index (χ0v) is 19.3. The maximum absolute atomic E-state index is 10.7. The third kappa shape index (κ3) is 5.19. The second-order valence-electron chi connectivity index (χ2n) is 8.80. The summed E-state index contributed by atoms with van der Waals surface area (Å²) >= 11 is 0. The monoisotopic (exact) mass is 450 g/mol. The molecular weight excluding hydrogens is 420 g/mol. The average Bonchev–Trinajstić information content (AvgIpc) is 2.90. The molecule has 4 aromatic rings. The van der Waals surface area contributed by atoms with Gasteiger partial charge in [0.25, 0.3) is 0 Å². The highest BCUT2D eigenvalue weighted by Crippen LogP contribution is 2.32. The normalized spacial score (nSPS) is 15.3. The van der Waals surface area contributed by atoms with Crippen LogP contribution in [-0.2, 0) is 0 Å². The van der Waals surface area contributed by atoms with Gasteiger partial charge in [0, 0.05) is 31.2 Å². The molecule has 34 heavy (non-hydrogen) atoms. The highest BCUT2D eigenvalue weighted by molar-refractivity contribution is 5.85. The van der Waals surface area contributed by atoms with Crippen LogP contribution in [0.25, 0.3) is 16.5 Å². The first-order valence-corrected chi connectivity index (χ1v) is 12.0. The Bertz CT molecular complexity index is 1200. The molecule has 0 saturated carbocycles. The van der Waals surface area contributed by atoms with E-state index < -0.39 is 6.10 Å². The molecule has 172 valence electrons. The predicted octanol–water partition coefficient (Wildman–Crippen LogP) is 5.57. The number of aliphatic hydroxyl groups is 1. The molecule has 5 rings (SSSR count). The second kappa shape index (κ2) is 10.6. The first kappa shape index (κ1) is 22.3. The third-order valence-corrected chi connectivity index (χ3v) is 6.44. The van der Waals surface area contributed by atoms with Crippen LogP contribution in [0.3, 0.4) is 0 Å². The first-order valence-electron chi connectivity index (χ1n) is 12.0. The van der Waals surface area contributed by atoms with Gasteiger partial charge in [-0.25, -0.2) is 0 Å². The molecule has 0 aliphatic carbocycles. The molecule has 1 saturated heterocycles. The number of hydrogen-bond acceptors (Lipinski definition) is 4. The lowest BCUT2D eigenvalue weighted by Crippen LogP contribution is -2.39. The van der Waals surface area contributed by atoms with Crippen molar-refractivity contribution in [3.63, 3.8) is 0 Å². The Morgan fingerprint density at radius 3 is 2.18 bits per heavy atom. The number of benzene rings is 3. The third-order valence-electron chi connectivity index (χ3n) is 6.44. The summed E-state index contributed by atoms with van der Waals surface area (Å²) in [6, 6.07) is 31.1. The molecule has 0 spiro atoms. The highest BCUT2D eigenvalue weighted by atomic mass is 16.5. The molecule has 1 N–H and O–H groups in total. The summed E-state index contributed by atoms with van der Waals surface area (Å²) in [5.74, 6) is 0.767. The summed E-state index contributed by atoms with van der Waals surface area (Å²) in [5, 5.41) is 11.6. The van der Waals surface area contributed by atoms with Gasteiger partial charge in [0.2, 0.25) is 0 Å². The number of β-amino-alcohol motifs (C(OH)–C–C–N with tert-alkyl or cyclic N) is 1. The van der Waals surface area contributed by atoms with Crippen molar-refractivity contribution < 1.29 is 9.84 Å². The summed E-state index contributed by atoms with van der Waals surface area (Å²) in [6.45, 7) is 2.76. The molecule has 1 atom stereocenters. The van der Waals surface area contributed by atoms with E-state index in [1.165, 1.54) is 22.3 Å². The fraction of sp³-hybridized carbons (Fsp3) is 0.233. The number of ether oxygens (including phenoxy) is 1. The van der Waals surface area contributed by atoms with E-state index in [4.69, 9.17) is 4.74 Å². The van der Waals surface area contributed by atoms with E-state index in [0.29, 0.717) is 6.54 Å². The van der Waals surface area contributed by atoms with Crippen molar-refractivity contribution in [3.8, 4) is 5.75 Å². The van der Waals surface area contributed by atoms with Crippen LogP contribution in [-0.4, -0.2) is 47.3 Å². The number of piperidine rings is 1. The SMILES string of the molecule is OC(COc1cccc2ncccc12)CN1CCC(=C(c2ccccc2)c2ccccc2)CC1. The van der Waals surface area contributed by atoms with Gasteiger partial charge in [-0.3, -0.25) is 9.88 Å². The zero-order valence-electron chi connectivity index (χ0n) is 19.3. The largest absolute Gasteiger partial charge is 0.490 e. The lowest BCUT2D eigenvalue weighted by atomic mass is 9.88. The van der Waals surface area contributed by atoms with Gasteiger partial charge in [-0.2, -0.15) is 0 Å². The number of rotatable bonds is 7. The minimum atomic E-state index is -0.542. The Hall–Kier alpha value is -3.47. The molecule has 2 heterocycles. The summed E-state index contributed by atoms with van der Waals surface area (Å²) in [5.41, 5.74) is 6.29. The van der Waals surface area contributed by atoms with E-state index in [0.717, 1.165) is 42.6 Å². The molecule has 4 nitrogen and oxygen atoms in total. The number of likely N-dealkylation sites (tertiary alicyclic amines) is 1. The van der Waals surface area contributed by atoms with Gasteiger partial charge in [-0.15, -0.1) is 0 Å². The standard InChI is InChI=1S/C30H30N2O2/c33-26(22-34-29-15-7-14-28-27(29)13-8-18-31-28)21-32-19-16-25(17-20-32)30(23-9-3-1-4-10-23)24-11-5-2-6-12-24/h1-15,18,26,33H,16-17,19-22H2. The Labute approximate surface area is 201 Å². The molecule has 1 aliphatic heterocycles. The van der Waals surface area contributed by atoms with Gasteiger partial charge < -0.3 is 9.84 Å². The van der Waals surface area contributed by atoms with Crippen LogP contribution in [0.5, 0.6) is 5.75 Å². The molecule has 0 bridgehead atoms.